The molecule has 2 aliphatic rings. The summed E-state index contributed by atoms with van der Waals surface area (Å²) >= 11 is 1.63. The van der Waals surface area contributed by atoms with Gasteiger partial charge in [0, 0.05) is 43.3 Å². The van der Waals surface area contributed by atoms with Crippen LogP contribution in [0.2, 0.25) is 0 Å². The first-order chi connectivity index (χ1) is 16.5. The van der Waals surface area contributed by atoms with Gasteiger partial charge in [0.15, 0.2) is 0 Å². The van der Waals surface area contributed by atoms with E-state index in [1.165, 1.54) is 6.07 Å². The van der Waals surface area contributed by atoms with Crippen molar-refractivity contribution in [1.82, 2.24) is 15.5 Å². The third kappa shape index (κ3) is 5.37. The topological polar surface area (TPSA) is 73.9 Å². The number of esters is 1. The third-order valence-electron chi connectivity index (χ3n) is 6.05. The lowest BCUT2D eigenvalue weighted by Crippen LogP contribution is -2.52. The summed E-state index contributed by atoms with van der Waals surface area (Å²) in [4.78, 5) is 30.8. The Bertz CT molecular complexity index is 1070. The number of anilines is 1. The Hall–Kier alpha value is -3.04. The number of amides is 2. The van der Waals surface area contributed by atoms with E-state index >= 15 is 0 Å². The highest BCUT2D eigenvalue weighted by Gasteiger charge is 2.34. The van der Waals surface area contributed by atoms with Crippen LogP contribution in [0.1, 0.15) is 18.5 Å². The van der Waals surface area contributed by atoms with Gasteiger partial charge in [-0.25, -0.2) is 14.0 Å². The molecule has 180 valence electrons. The maximum Gasteiger partial charge on any atom is 0.338 e. The number of carbonyl (C=O) groups is 2. The molecule has 0 aromatic heterocycles. The molecule has 0 unspecified atom stereocenters. The van der Waals surface area contributed by atoms with Crippen LogP contribution in [0.3, 0.4) is 0 Å². The predicted octanol–water partition coefficient (Wildman–Crippen LogP) is 3.54. The van der Waals surface area contributed by atoms with Crippen molar-refractivity contribution in [2.24, 2.45) is 0 Å². The minimum Gasteiger partial charge on any atom is -0.463 e. The Morgan fingerprint density at radius 1 is 1.12 bits per heavy atom. The lowest BCUT2D eigenvalue weighted by atomic mass is 9.95. The number of ether oxygens (including phenoxy) is 1. The monoisotopic (exact) mass is 484 g/mol. The van der Waals surface area contributed by atoms with Crippen LogP contribution in [0.5, 0.6) is 0 Å². The maximum atomic E-state index is 14.2. The first kappa shape index (κ1) is 24.1. The Morgan fingerprint density at radius 2 is 1.82 bits per heavy atom. The molecule has 2 heterocycles. The van der Waals surface area contributed by atoms with Gasteiger partial charge in [-0.05, 0) is 43.0 Å². The minimum atomic E-state index is -0.599. The van der Waals surface area contributed by atoms with Gasteiger partial charge in [0.1, 0.15) is 5.82 Å². The van der Waals surface area contributed by atoms with Crippen molar-refractivity contribution < 1.29 is 18.7 Å². The molecule has 7 nitrogen and oxygen atoms in total. The fourth-order valence-corrected chi connectivity index (χ4v) is 4.73. The summed E-state index contributed by atoms with van der Waals surface area (Å²) in [5.74, 6) is -0.682. The molecule has 0 spiro atoms. The van der Waals surface area contributed by atoms with E-state index in [9.17, 15) is 14.0 Å². The number of para-hydroxylation sites is 1. The molecule has 2 aliphatic heterocycles. The third-order valence-corrected chi connectivity index (χ3v) is 6.79. The average Bonchev–Trinajstić information content (AvgIpc) is 2.85. The van der Waals surface area contributed by atoms with Crippen molar-refractivity contribution >= 4 is 29.4 Å². The van der Waals surface area contributed by atoms with E-state index in [1.54, 1.807) is 30.8 Å². The SMILES string of the molecule is CCOC(=O)C1=C(CN2CCN(c3ccccc3F)CC2)NC(=O)N[C@H]1c1ccc(SC)cc1. The number of halogens is 1. The van der Waals surface area contributed by atoms with Gasteiger partial charge in [-0.15, -0.1) is 11.8 Å². The van der Waals surface area contributed by atoms with Gasteiger partial charge in [-0.2, -0.15) is 0 Å². The van der Waals surface area contributed by atoms with E-state index in [2.05, 4.69) is 15.5 Å². The Morgan fingerprint density at radius 3 is 2.47 bits per heavy atom. The molecular weight excluding hydrogens is 455 g/mol. The number of carbonyl (C=O) groups excluding carboxylic acids is 2. The molecule has 1 saturated heterocycles. The highest BCUT2D eigenvalue weighted by Crippen LogP contribution is 2.30. The Balaban J connectivity index is 1.56. The van der Waals surface area contributed by atoms with Gasteiger partial charge < -0.3 is 20.3 Å². The molecule has 2 N–H and O–H groups in total. The van der Waals surface area contributed by atoms with Crippen LogP contribution in [0, 0.1) is 5.82 Å². The van der Waals surface area contributed by atoms with Crippen LogP contribution in [0.25, 0.3) is 0 Å². The molecule has 1 fully saturated rings. The summed E-state index contributed by atoms with van der Waals surface area (Å²) in [7, 11) is 0. The summed E-state index contributed by atoms with van der Waals surface area (Å²) < 4.78 is 19.5. The molecule has 2 aromatic carbocycles. The predicted molar refractivity (Wildman–Crippen MR) is 131 cm³/mol. The second kappa shape index (κ2) is 10.9. The van der Waals surface area contributed by atoms with Crippen LogP contribution < -0.4 is 15.5 Å². The van der Waals surface area contributed by atoms with Crippen molar-refractivity contribution in [2.75, 3.05) is 50.5 Å². The Kier molecular flexibility index (Phi) is 7.74. The number of benzene rings is 2. The number of hydrogen-bond acceptors (Lipinski definition) is 6. The molecule has 2 aromatic rings. The van der Waals surface area contributed by atoms with Gasteiger partial charge in [0.2, 0.25) is 0 Å². The molecule has 2 amide bonds. The zero-order valence-electron chi connectivity index (χ0n) is 19.3. The molecular formula is C25H29FN4O3S. The van der Waals surface area contributed by atoms with Crippen LogP contribution >= 0.6 is 11.8 Å². The maximum absolute atomic E-state index is 14.2. The fraction of sp³-hybridized carbons (Fsp3) is 0.360. The Labute approximate surface area is 203 Å². The van der Waals surface area contributed by atoms with E-state index in [0.29, 0.717) is 49.7 Å². The van der Waals surface area contributed by atoms with Crippen molar-refractivity contribution in [3.8, 4) is 0 Å². The van der Waals surface area contributed by atoms with Crippen molar-refractivity contribution in [3.63, 3.8) is 0 Å². The largest absolute Gasteiger partial charge is 0.463 e. The molecule has 1 atom stereocenters. The molecule has 34 heavy (non-hydrogen) atoms. The number of nitrogens with zero attached hydrogens (tertiary/aromatic N) is 2. The second-order valence-electron chi connectivity index (χ2n) is 8.13. The quantitative estimate of drug-likeness (QED) is 0.463. The number of urea groups is 1. The second-order valence-corrected chi connectivity index (χ2v) is 9.01. The van der Waals surface area contributed by atoms with Gasteiger partial charge >= 0.3 is 12.0 Å². The molecule has 9 heteroatoms. The highest BCUT2D eigenvalue weighted by molar-refractivity contribution is 7.98. The summed E-state index contributed by atoms with van der Waals surface area (Å²) in [6, 6.07) is 13.6. The molecule has 0 saturated carbocycles. The minimum absolute atomic E-state index is 0.232. The summed E-state index contributed by atoms with van der Waals surface area (Å²) in [6.45, 7) is 5.03. The van der Waals surface area contributed by atoms with Gasteiger partial charge in [-0.3, -0.25) is 4.90 Å². The van der Waals surface area contributed by atoms with E-state index < -0.39 is 12.0 Å². The van der Waals surface area contributed by atoms with Crippen LogP contribution in [-0.4, -0.2) is 62.5 Å². The number of rotatable bonds is 7. The van der Waals surface area contributed by atoms with Crippen molar-refractivity contribution in [2.45, 2.75) is 17.9 Å². The smallest absolute Gasteiger partial charge is 0.338 e. The molecule has 4 rings (SSSR count). The van der Waals surface area contributed by atoms with Crippen molar-refractivity contribution in [3.05, 3.63) is 71.2 Å². The van der Waals surface area contributed by atoms with E-state index in [1.807, 2.05) is 41.5 Å². The zero-order chi connectivity index (χ0) is 24.1. The van der Waals surface area contributed by atoms with E-state index in [4.69, 9.17) is 4.74 Å². The van der Waals surface area contributed by atoms with Gasteiger partial charge in [0.25, 0.3) is 0 Å². The van der Waals surface area contributed by atoms with Crippen LogP contribution in [0.15, 0.2) is 64.7 Å². The van der Waals surface area contributed by atoms with E-state index in [0.717, 1.165) is 10.5 Å². The normalized spacial score (nSPS) is 19.0. The number of hydrogen-bond donors (Lipinski definition) is 2. The molecule has 0 radical (unpaired) electrons. The average molecular weight is 485 g/mol. The first-order valence-electron chi connectivity index (χ1n) is 11.3. The fourth-order valence-electron chi connectivity index (χ4n) is 4.32. The highest BCUT2D eigenvalue weighted by atomic mass is 32.2. The van der Waals surface area contributed by atoms with Gasteiger partial charge in [-0.1, -0.05) is 24.3 Å². The van der Waals surface area contributed by atoms with Crippen molar-refractivity contribution in [1.29, 1.82) is 0 Å². The summed E-state index contributed by atoms with van der Waals surface area (Å²) in [5, 5.41) is 5.71. The zero-order valence-corrected chi connectivity index (χ0v) is 20.2. The van der Waals surface area contributed by atoms with Crippen LogP contribution in [-0.2, 0) is 9.53 Å². The number of piperazine rings is 1. The first-order valence-corrected chi connectivity index (χ1v) is 12.6. The van der Waals surface area contributed by atoms with E-state index in [-0.39, 0.29) is 18.5 Å². The summed E-state index contributed by atoms with van der Waals surface area (Å²) in [6.07, 6.45) is 2.00. The number of nitrogens with one attached hydrogen (secondary N) is 2. The summed E-state index contributed by atoms with van der Waals surface area (Å²) in [5.41, 5.74) is 2.37. The van der Waals surface area contributed by atoms with Gasteiger partial charge in [0.05, 0.1) is 23.9 Å². The molecule has 0 aliphatic carbocycles. The lowest BCUT2D eigenvalue weighted by molar-refractivity contribution is -0.139. The van der Waals surface area contributed by atoms with Crippen LogP contribution in [0.4, 0.5) is 14.9 Å². The number of thioether (sulfide) groups is 1. The molecule has 0 bridgehead atoms. The lowest BCUT2D eigenvalue weighted by Gasteiger charge is -2.38. The standard InChI is InChI=1S/C25H29FN4O3S/c1-3-33-24(31)22-20(27-25(32)28-23(22)17-8-10-18(34-2)11-9-17)16-29-12-14-30(15-13-29)21-7-5-4-6-19(21)26/h4-11,23H,3,12-16H2,1-2H3,(H2,27,28,32)/t23-/m0/s1.